The molecule has 24 heavy (non-hydrogen) atoms. The molecule has 1 saturated heterocycles. The zero-order chi connectivity index (χ0) is 17.5. The Labute approximate surface area is 139 Å². The fourth-order valence-corrected chi connectivity index (χ4v) is 3.13. The fraction of sp³-hybridized carbons (Fsp3) is 0.267. The van der Waals surface area contributed by atoms with Crippen molar-refractivity contribution in [2.24, 2.45) is 0 Å². The smallest absolute Gasteiger partial charge is 0.273 e. The number of halogens is 3. The predicted molar refractivity (Wildman–Crippen MR) is 80.9 cm³/mol. The molecule has 0 radical (unpaired) electrons. The summed E-state index contributed by atoms with van der Waals surface area (Å²) < 4.78 is 38.3. The lowest BCUT2D eigenvalue weighted by Crippen LogP contribution is -2.42. The summed E-state index contributed by atoms with van der Waals surface area (Å²) in [5.41, 5.74) is 2.23. The summed E-state index contributed by atoms with van der Waals surface area (Å²) in [5.74, 6) is -0.734. The van der Waals surface area contributed by atoms with Gasteiger partial charge in [0, 0.05) is 10.9 Å². The number of aromatic nitrogens is 1. The Hall–Kier alpha value is -2.42. The number of carbonyl (C=O) groups excluding carboxylic acids is 2. The summed E-state index contributed by atoms with van der Waals surface area (Å²) in [5, 5.41) is 2.82. The molecule has 0 spiro atoms. The number of benzene rings is 1. The van der Waals surface area contributed by atoms with E-state index in [2.05, 4.69) is 10.4 Å². The number of nitrogens with one attached hydrogen (secondary N) is 1. The Morgan fingerprint density at radius 1 is 1.42 bits per heavy atom. The molecule has 2 heterocycles. The molecule has 1 aromatic heterocycles. The minimum atomic E-state index is -4.44. The highest BCUT2D eigenvalue weighted by atomic mass is 32.1. The van der Waals surface area contributed by atoms with Crippen LogP contribution in [-0.2, 0) is 11.0 Å². The summed E-state index contributed by atoms with van der Waals surface area (Å²) in [7, 11) is 0. The molecule has 1 aliphatic rings. The summed E-state index contributed by atoms with van der Waals surface area (Å²) >= 11 is 1.02. The van der Waals surface area contributed by atoms with Crippen LogP contribution in [0.4, 0.5) is 13.2 Å². The van der Waals surface area contributed by atoms with Gasteiger partial charge >= 0.3 is 12.1 Å². The number of nitrogens with zero attached hydrogens (tertiary/aromatic N) is 2. The number of hydrogen-bond donors (Lipinski definition) is 1. The number of rotatable bonds is 2. The first-order valence-corrected chi connectivity index (χ1v) is 7.90. The number of thiazole rings is 1. The van der Waals surface area contributed by atoms with Crippen LogP contribution in [0.1, 0.15) is 28.7 Å². The van der Waals surface area contributed by atoms with Crippen molar-refractivity contribution >= 4 is 23.2 Å². The van der Waals surface area contributed by atoms with E-state index in [9.17, 15) is 22.8 Å². The van der Waals surface area contributed by atoms with E-state index in [-0.39, 0.29) is 34.6 Å². The lowest BCUT2D eigenvalue weighted by Gasteiger charge is -2.18. The first kappa shape index (κ1) is 16.4. The van der Waals surface area contributed by atoms with Crippen LogP contribution in [0, 0.1) is 0 Å². The van der Waals surface area contributed by atoms with Crippen LogP contribution in [0.5, 0.6) is 0 Å². The van der Waals surface area contributed by atoms with Crippen LogP contribution in [0.15, 0.2) is 29.6 Å². The van der Waals surface area contributed by atoms with E-state index in [1.807, 2.05) is 0 Å². The van der Waals surface area contributed by atoms with Crippen LogP contribution in [0.3, 0.4) is 0 Å². The van der Waals surface area contributed by atoms with Crippen molar-refractivity contribution in [1.82, 2.24) is 15.4 Å². The van der Waals surface area contributed by atoms with Gasteiger partial charge in [0.05, 0.1) is 23.7 Å². The standard InChI is InChI=1S/C15H12F3N3O2S/c1-8-5-12(22)20-21(8)14(23)13-19-11(7-24-13)9-3-2-4-10(6-9)15(16,17)18/h2-4,6-8H,5H2,1H3,(H,20,22). The highest BCUT2D eigenvalue weighted by molar-refractivity contribution is 7.12. The van der Waals surface area contributed by atoms with Crippen LogP contribution in [-0.4, -0.2) is 27.8 Å². The quantitative estimate of drug-likeness (QED) is 0.900. The first-order chi connectivity index (χ1) is 11.3. The molecule has 0 bridgehead atoms. The molecule has 1 atom stereocenters. The van der Waals surface area contributed by atoms with Gasteiger partial charge in [-0.1, -0.05) is 12.1 Å². The molecule has 2 aromatic rings. The summed E-state index contributed by atoms with van der Waals surface area (Å²) in [6.07, 6.45) is -4.24. The predicted octanol–water partition coefficient (Wildman–Crippen LogP) is 3.09. The lowest BCUT2D eigenvalue weighted by atomic mass is 10.1. The van der Waals surface area contributed by atoms with Crippen molar-refractivity contribution in [2.75, 3.05) is 0 Å². The highest BCUT2D eigenvalue weighted by Gasteiger charge is 2.33. The topological polar surface area (TPSA) is 62.3 Å². The van der Waals surface area contributed by atoms with E-state index < -0.39 is 17.6 Å². The first-order valence-electron chi connectivity index (χ1n) is 7.02. The fourth-order valence-electron chi connectivity index (χ4n) is 2.36. The molecule has 126 valence electrons. The van der Waals surface area contributed by atoms with Gasteiger partial charge in [-0.2, -0.15) is 13.2 Å². The van der Waals surface area contributed by atoms with Gasteiger partial charge < -0.3 is 0 Å². The molecule has 3 rings (SSSR count). The molecule has 2 amide bonds. The summed E-state index contributed by atoms with van der Waals surface area (Å²) in [6.45, 7) is 1.72. The maximum Gasteiger partial charge on any atom is 0.416 e. The average Bonchev–Trinajstić information content (AvgIpc) is 3.12. The minimum absolute atomic E-state index is 0.108. The number of alkyl halides is 3. The molecular formula is C15H12F3N3O2S. The molecular weight excluding hydrogens is 343 g/mol. The number of hydrogen-bond acceptors (Lipinski definition) is 4. The molecule has 1 aliphatic heterocycles. The van der Waals surface area contributed by atoms with E-state index in [1.165, 1.54) is 22.5 Å². The van der Waals surface area contributed by atoms with Gasteiger partial charge in [0.25, 0.3) is 0 Å². The van der Waals surface area contributed by atoms with E-state index in [0.717, 1.165) is 23.5 Å². The average molecular weight is 355 g/mol. The molecule has 9 heteroatoms. The largest absolute Gasteiger partial charge is 0.416 e. The normalized spacial score (nSPS) is 17.9. The van der Waals surface area contributed by atoms with Crippen molar-refractivity contribution in [3.63, 3.8) is 0 Å². The third-order valence-electron chi connectivity index (χ3n) is 3.56. The monoisotopic (exact) mass is 355 g/mol. The summed E-state index contributed by atoms with van der Waals surface area (Å²) in [4.78, 5) is 27.8. The number of hydrazine groups is 1. The molecule has 1 unspecified atom stereocenters. The van der Waals surface area contributed by atoms with Gasteiger partial charge in [-0.15, -0.1) is 11.3 Å². The van der Waals surface area contributed by atoms with Crippen LogP contribution in [0.25, 0.3) is 11.3 Å². The Bertz CT molecular complexity index is 803. The van der Waals surface area contributed by atoms with Crippen molar-refractivity contribution in [1.29, 1.82) is 0 Å². The van der Waals surface area contributed by atoms with E-state index in [1.54, 1.807) is 6.92 Å². The Morgan fingerprint density at radius 3 is 2.79 bits per heavy atom. The van der Waals surface area contributed by atoms with E-state index in [4.69, 9.17) is 0 Å². The van der Waals surface area contributed by atoms with Gasteiger partial charge in [-0.25, -0.2) is 9.99 Å². The Morgan fingerprint density at radius 2 is 2.17 bits per heavy atom. The summed E-state index contributed by atoms with van der Waals surface area (Å²) in [6, 6.07) is 4.46. The van der Waals surface area contributed by atoms with Crippen LogP contribution >= 0.6 is 11.3 Å². The Balaban J connectivity index is 1.86. The van der Waals surface area contributed by atoms with Gasteiger partial charge in [0.1, 0.15) is 0 Å². The second-order valence-corrected chi connectivity index (χ2v) is 6.24. The molecule has 1 fully saturated rings. The second kappa shape index (κ2) is 5.90. The number of carbonyl (C=O) groups is 2. The van der Waals surface area contributed by atoms with Crippen molar-refractivity contribution in [3.8, 4) is 11.3 Å². The molecule has 1 N–H and O–H groups in total. The van der Waals surface area contributed by atoms with Crippen LogP contribution < -0.4 is 5.43 Å². The zero-order valence-electron chi connectivity index (χ0n) is 12.4. The second-order valence-electron chi connectivity index (χ2n) is 5.38. The van der Waals surface area contributed by atoms with Gasteiger partial charge in [0.15, 0.2) is 5.01 Å². The van der Waals surface area contributed by atoms with Crippen molar-refractivity contribution in [2.45, 2.75) is 25.6 Å². The van der Waals surface area contributed by atoms with Crippen LogP contribution in [0.2, 0.25) is 0 Å². The van der Waals surface area contributed by atoms with Gasteiger partial charge in [0.2, 0.25) is 5.91 Å². The third kappa shape index (κ3) is 3.12. The SMILES string of the molecule is CC1CC(=O)NN1C(=O)c1nc(-c2cccc(C(F)(F)F)c2)cs1. The van der Waals surface area contributed by atoms with Crippen molar-refractivity contribution in [3.05, 3.63) is 40.2 Å². The lowest BCUT2D eigenvalue weighted by molar-refractivity contribution is -0.137. The number of amides is 2. The zero-order valence-corrected chi connectivity index (χ0v) is 13.2. The molecule has 0 saturated carbocycles. The maximum absolute atomic E-state index is 12.8. The van der Waals surface area contributed by atoms with Crippen molar-refractivity contribution < 1.29 is 22.8 Å². The molecule has 5 nitrogen and oxygen atoms in total. The van der Waals surface area contributed by atoms with Gasteiger partial charge in [-0.3, -0.25) is 15.0 Å². The Kier molecular flexibility index (Phi) is 4.04. The van der Waals surface area contributed by atoms with Gasteiger partial charge in [-0.05, 0) is 19.1 Å². The van der Waals surface area contributed by atoms with E-state index >= 15 is 0 Å². The minimum Gasteiger partial charge on any atom is -0.273 e. The maximum atomic E-state index is 12.8. The molecule has 0 aliphatic carbocycles. The van der Waals surface area contributed by atoms with E-state index in [0.29, 0.717) is 0 Å². The third-order valence-corrected chi connectivity index (χ3v) is 4.39. The highest BCUT2D eigenvalue weighted by Crippen LogP contribution is 2.32. The molecule has 1 aromatic carbocycles.